The van der Waals surface area contributed by atoms with Gasteiger partial charge in [0.05, 0.1) is 114 Å². The van der Waals surface area contributed by atoms with Gasteiger partial charge in [0.15, 0.2) is 69.0 Å². The van der Waals surface area contributed by atoms with Crippen LogP contribution in [-0.2, 0) is 0 Å². The summed E-state index contributed by atoms with van der Waals surface area (Å²) in [4.78, 5) is 51.2. The molecule has 0 aliphatic rings. The van der Waals surface area contributed by atoms with Gasteiger partial charge in [-0.1, -0.05) is 0 Å². The number of ether oxygens (including phenoxy) is 16. The van der Waals surface area contributed by atoms with E-state index < -0.39 is 21.7 Å². The first-order valence-electron chi connectivity index (χ1n) is 30.7. The monoisotopic (exact) mass is 1550 g/mol. The Kier molecular flexibility index (Phi) is 25.6. The SMILES string of the molecule is COc1cc(O)c2c(=O)c(OC)c(-c3ccc(OC)c(OC)c3)oc2c1.COc1cc(O)c2c(=O)c(OC)c(-c3ccc(OC)c(OC)c3)oc2c1.COc1cc(O)c2c(=O)c(OC)c(-c3ccc(OC)c(OC)c3)oc2c1.COc1cc(O)c2c(=O)c(OC)c(-c3ccc(OC)c(OC)c3)oc2c1.[Sn]. The van der Waals surface area contributed by atoms with Gasteiger partial charge in [-0.3, -0.25) is 19.2 Å². The van der Waals surface area contributed by atoms with E-state index in [4.69, 9.17) is 93.5 Å². The van der Waals surface area contributed by atoms with E-state index in [0.717, 1.165) is 0 Å². The zero-order valence-electron chi connectivity index (χ0n) is 59.6. The number of methoxy groups -OCH3 is 16. The van der Waals surface area contributed by atoms with Crippen LogP contribution in [0.15, 0.2) is 158 Å². The van der Waals surface area contributed by atoms with Crippen LogP contribution in [0.2, 0.25) is 0 Å². The molecule has 0 unspecified atom stereocenters. The van der Waals surface area contributed by atoms with Crippen molar-refractivity contribution >= 4 is 67.8 Å². The molecule has 8 aromatic carbocycles. The standard InChI is InChI=1S/4C19H18O7.Sn/c4*1-22-11-8-12(20)16-15(9-11)26-18(19(25-4)17(16)21)10-5-6-13(23-2)14(7-10)24-3;/h4*5-9,20H,1-4H3;. The van der Waals surface area contributed by atoms with Crippen LogP contribution in [0, 0.1) is 0 Å². The molecule has 12 rings (SSSR count). The molecule has 4 heterocycles. The molecule has 548 valence electrons. The predicted octanol–water partition coefficient (Wildman–Crippen LogP) is 12.4. The average molecular weight is 1550 g/mol. The number of fused-ring (bicyclic) bond motifs is 4. The van der Waals surface area contributed by atoms with E-state index in [1.807, 2.05) is 0 Å². The van der Waals surface area contributed by atoms with E-state index in [2.05, 4.69) is 0 Å². The van der Waals surface area contributed by atoms with Gasteiger partial charge in [-0.15, -0.1) is 0 Å². The van der Waals surface area contributed by atoms with Gasteiger partial charge in [0.1, 0.15) is 89.9 Å². The molecule has 4 radical (unpaired) electrons. The molecule has 0 bridgehead atoms. The summed E-state index contributed by atoms with van der Waals surface area (Å²) in [5.74, 6) is 5.27. The van der Waals surface area contributed by atoms with Crippen molar-refractivity contribution in [2.75, 3.05) is 114 Å². The average Bonchev–Trinajstić information content (AvgIpc) is 0.781. The summed E-state index contributed by atoms with van der Waals surface area (Å²) in [7, 11) is 23.5. The molecule has 4 aromatic heterocycles. The number of aromatic hydroxyl groups is 4. The van der Waals surface area contributed by atoms with E-state index in [-0.39, 0.29) is 137 Å². The Morgan fingerprint density at radius 1 is 0.229 bits per heavy atom. The van der Waals surface area contributed by atoms with E-state index in [9.17, 15) is 39.6 Å². The molecule has 28 nitrogen and oxygen atoms in total. The second kappa shape index (κ2) is 34.4. The van der Waals surface area contributed by atoms with Gasteiger partial charge in [-0.05, 0) is 72.8 Å². The van der Waals surface area contributed by atoms with E-state index in [1.54, 1.807) is 72.8 Å². The van der Waals surface area contributed by atoms with Crippen molar-refractivity contribution in [2.24, 2.45) is 0 Å². The zero-order chi connectivity index (χ0) is 75.4. The van der Waals surface area contributed by atoms with Gasteiger partial charge in [-0.2, -0.15) is 0 Å². The topological polar surface area (TPSA) is 349 Å². The molecule has 105 heavy (non-hydrogen) atoms. The number of hydrogen-bond acceptors (Lipinski definition) is 28. The summed E-state index contributed by atoms with van der Waals surface area (Å²) in [6.45, 7) is 0. The second-order valence-corrected chi connectivity index (χ2v) is 21.5. The Hall–Kier alpha value is -12.6. The number of rotatable bonds is 20. The van der Waals surface area contributed by atoms with Crippen molar-refractivity contribution in [2.45, 2.75) is 0 Å². The Labute approximate surface area is 614 Å². The molecule has 29 heteroatoms. The summed E-state index contributed by atoms with van der Waals surface area (Å²) >= 11 is 0. The number of phenols is 4. The molecule has 4 N–H and O–H groups in total. The predicted molar refractivity (Wildman–Crippen MR) is 389 cm³/mol. The van der Waals surface area contributed by atoms with E-state index in [1.165, 1.54) is 162 Å². The number of benzene rings is 8. The molecule has 0 atom stereocenters. The Balaban J connectivity index is 0.000000176. The Morgan fingerprint density at radius 2 is 0.410 bits per heavy atom. The van der Waals surface area contributed by atoms with Crippen molar-refractivity contribution in [1.29, 1.82) is 0 Å². The molecular weight excluding hydrogens is 1480 g/mol. The maximum atomic E-state index is 12.8. The molecule has 12 aromatic rings. The fourth-order valence-electron chi connectivity index (χ4n) is 10.9. The van der Waals surface area contributed by atoms with Crippen LogP contribution in [0.1, 0.15) is 0 Å². The molecule has 0 saturated carbocycles. The van der Waals surface area contributed by atoms with Crippen LogP contribution in [-0.4, -0.2) is 158 Å². The van der Waals surface area contributed by atoms with Crippen molar-refractivity contribution in [3.63, 3.8) is 0 Å². The minimum Gasteiger partial charge on any atom is -0.507 e. The molecule has 0 spiro atoms. The minimum atomic E-state index is -0.487. The van der Waals surface area contributed by atoms with Crippen LogP contribution in [0.4, 0.5) is 0 Å². The minimum absolute atomic E-state index is 0. The van der Waals surface area contributed by atoms with Gasteiger partial charge in [0, 0.05) is 94.7 Å². The fraction of sp³-hybridized carbons (Fsp3) is 0.211. The number of hydrogen-bond donors (Lipinski definition) is 4. The first-order valence-corrected chi connectivity index (χ1v) is 30.7. The molecule has 0 fully saturated rings. The van der Waals surface area contributed by atoms with Gasteiger partial charge in [-0.25, -0.2) is 0 Å². The summed E-state index contributed by atoms with van der Waals surface area (Å²) in [5, 5.41) is 40.7. The maximum Gasteiger partial charge on any atom is 0.239 e. The van der Waals surface area contributed by atoms with Crippen LogP contribution in [0.3, 0.4) is 0 Å². The number of phenolic OH excluding ortho intramolecular Hbond substituents is 4. The van der Waals surface area contributed by atoms with Crippen molar-refractivity contribution in [3.05, 3.63) is 162 Å². The first-order chi connectivity index (χ1) is 50.1. The van der Waals surface area contributed by atoms with Crippen LogP contribution >= 0.6 is 0 Å². The quantitative estimate of drug-likeness (QED) is 0.0515. The molecular formula is C76H72O28Sn. The summed E-state index contributed by atoms with van der Waals surface area (Å²) in [6.07, 6.45) is 0. The third-order valence-corrected chi connectivity index (χ3v) is 16.0. The molecule has 0 amide bonds. The van der Waals surface area contributed by atoms with Crippen LogP contribution in [0.25, 0.3) is 89.2 Å². The summed E-state index contributed by atoms with van der Waals surface area (Å²) in [5.41, 5.74) is 0.989. The van der Waals surface area contributed by atoms with E-state index >= 15 is 0 Å². The van der Waals surface area contributed by atoms with Crippen LogP contribution in [0.5, 0.6) is 115 Å². The van der Waals surface area contributed by atoms with Gasteiger partial charge < -0.3 is 114 Å². The van der Waals surface area contributed by atoms with Crippen molar-refractivity contribution < 1.29 is 114 Å². The fourth-order valence-corrected chi connectivity index (χ4v) is 10.9. The second-order valence-electron chi connectivity index (χ2n) is 21.5. The molecule has 0 aliphatic heterocycles. The Morgan fingerprint density at radius 3 is 0.562 bits per heavy atom. The first kappa shape index (κ1) is 78.1. The van der Waals surface area contributed by atoms with Crippen molar-refractivity contribution in [3.8, 4) is 160 Å². The molecule has 0 saturated heterocycles. The van der Waals surface area contributed by atoms with Gasteiger partial charge >= 0.3 is 0 Å². The summed E-state index contributed by atoms with van der Waals surface area (Å²) in [6, 6.07) is 31.8. The summed E-state index contributed by atoms with van der Waals surface area (Å²) < 4.78 is 107. The van der Waals surface area contributed by atoms with Crippen LogP contribution < -0.4 is 97.5 Å². The smallest absolute Gasteiger partial charge is 0.239 e. The van der Waals surface area contributed by atoms with Crippen molar-refractivity contribution in [1.82, 2.24) is 0 Å². The van der Waals surface area contributed by atoms with Gasteiger partial charge in [0.2, 0.25) is 44.7 Å². The Bertz CT molecular complexity index is 4760. The van der Waals surface area contributed by atoms with E-state index in [0.29, 0.717) is 91.2 Å². The third-order valence-electron chi connectivity index (χ3n) is 16.0. The normalized spacial score (nSPS) is 10.5. The third kappa shape index (κ3) is 15.7. The molecule has 0 aliphatic carbocycles. The van der Waals surface area contributed by atoms with Gasteiger partial charge in [0.25, 0.3) is 0 Å². The zero-order valence-corrected chi connectivity index (χ0v) is 62.5. The maximum absolute atomic E-state index is 12.8. The largest absolute Gasteiger partial charge is 0.507 e.